The third-order valence-corrected chi connectivity index (χ3v) is 3.01. The van der Waals surface area contributed by atoms with E-state index in [1.165, 1.54) is 6.20 Å². The van der Waals surface area contributed by atoms with Gasteiger partial charge in [-0.2, -0.15) is 5.26 Å². The molecule has 0 atom stereocenters. The largest absolute Gasteiger partial charge is 0.462 e. The zero-order chi connectivity index (χ0) is 15.9. The Balaban J connectivity index is 2.12. The van der Waals surface area contributed by atoms with Crippen LogP contribution < -0.4 is 15.5 Å². The quantitative estimate of drug-likeness (QED) is 0.489. The van der Waals surface area contributed by atoms with Crippen LogP contribution in [-0.2, 0) is 9.53 Å². The number of urea groups is 1. The van der Waals surface area contributed by atoms with Gasteiger partial charge in [-0.15, -0.1) is 0 Å². The lowest BCUT2D eigenvalue weighted by Crippen LogP contribution is -2.27. The third-order valence-electron chi connectivity index (χ3n) is 3.01. The lowest BCUT2D eigenvalue weighted by molar-refractivity contribution is -0.138. The summed E-state index contributed by atoms with van der Waals surface area (Å²) in [6.45, 7) is 3.09. The normalized spacial score (nSPS) is 14.3. The van der Waals surface area contributed by atoms with E-state index in [0.717, 1.165) is 5.69 Å². The van der Waals surface area contributed by atoms with Crippen molar-refractivity contribution in [2.45, 2.75) is 6.92 Å². The molecule has 1 aliphatic heterocycles. The Morgan fingerprint density at radius 1 is 1.59 bits per heavy atom. The summed E-state index contributed by atoms with van der Waals surface area (Å²) in [6, 6.07) is 8.78. The summed E-state index contributed by atoms with van der Waals surface area (Å²) < 4.78 is 4.77. The molecule has 7 nitrogen and oxygen atoms in total. The number of esters is 1. The number of carbonyl (C=O) groups excluding carboxylic acids is 2. The van der Waals surface area contributed by atoms with E-state index in [4.69, 9.17) is 10.00 Å². The number of nitrogens with one attached hydrogen (secondary N) is 2. The fraction of sp³-hybridized carbons (Fsp3) is 0.267. The summed E-state index contributed by atoms with van der Waals surface area (Å²) in [5.74, 6) is -0.674. The SMILES string of the molecule is CCOC(=O)/C(C#N)=C/Nc1cccc(N2CCNC2=O)c1. The minimum Gasteiger partial charge on any atom is -0.462 e. The van der Waals surface area contributed by atoms with Crippen LogP contribution in [0.1, 0.15) is 6.92 Å². The van der Waals surface area contributed by atoms with Gasteiger partial charge in [0.2, 0.25) is 0 Å². The first kappa shape index (κ1) is 15.4. The maximum atomic E-state index is 11.6. The van der Waals surface area contributed by atoms with Gasteiger partial charge in [0.1, 0.15) is 6.07 Å². The average molecular weight is 300 g/mol. The summed E-state index contributed by atoms with van der Waals surface area (Å²) in [7, 11) is 0. The highest BCUT2D eigenvalue weighted by molar-refractivity contribution is 5.95. The van der Waals surface area contributed by atoms with Crippen LogP contribution in [0.3, 0.4) is 0 Å². The van der Waals surface area contributed by atoms with Gasteiger partial charge in [-0.1, -0.05) is 6.07 Å². The molecule has 0 aliphatic carbocycles. The van der Waals surface area contributed by atoms with E-state index in [2.05, 4.69) is 10.6 Å². The number of amides is 2. The van der Waals surface area contributed by atoms with Crippen LogP contribution in [0.2, 0.25) is 0 Å². The van der Waals surface area contributed by atoms with E-state index in [1.54, 1.807) is 36.1 Å². The van der Waals surface area contributed by atoms with E-state index in [1.807, 2.05) is 6.07 Å². The van der Waals surface area contributed by atoms with Gasteiger partial charge in [0.25, 0.3) is 0 Å². The van der Waals surface area contributed by atoms with Crippen molar-refractivity contribution < 1.29 is 14.3 Å². The molecule has 1 fully saturated rings. The second-order valence-electron chi connectivity index (χ2n) is 4.47. The Bertz CT molecular complexity index is 648. The van der Waals surface area contributed by atoms with Crippen LogP contribution in [0.5, 0.6) is 0 Å². The zero-order valence-corrected chi connectivity index (χ0v) is 12.1. The van der Waals surface area contributed by atoms with Crippen molar-refractivity contribution in [3.63, 3.8) is 0 Å². The molecule has 7 heteroatoms. The molecule has 22 heavy (non-hydrogen) atoms. The highest BCUT2D eigenvalue weighted by Gasteiger charge is 2.21. The maximum absolute atomic E-state index is 11.6. The molecular formula is C15H16N4O3. The number of nitrogens with zero attached hydrogens (tertiary/aromatic N) is 2. The van der Waals surface area contributed by atoms with Crippen LogP contribution in [0, 0.1) is 11.3 Å². The summed E-state index contributed by atoms with van der Waals surface area (Å²) in [5, 5.41) is 14.5. The smallest absolute Gasteiger partial charge is 0.350 e. The Hall–Kier alpha value is -3.01. The van der Waals surface area contributed by atoms with E-state index in [-0.39, 0.29) is 18.2 Å². The second-order valence-corrected chi connectivity index (χ2v) is 4.47. The third kappa shape index (κ3) is 3.55. The molecule has 114 valence electrons. The number of anilines is 2. The molecule has 2 amide bonds. The minimum atomic E-state index is -0.674. The number of benzene rings is 1. The van der Waals surface area contributed by atoms with Crippen molar-refractivity contribution in [2.75, 3.05) is 29.9 Å². The fourth-order valence-corrected chi connectivity index (χ4v) is 1.98. The van der Waals surface area contributed by atoms with E-state index in [9.17, 15) is 9.59 Å². The van der Waals surface area contributed by atoms with Crippen molar-refractivity contribution in [1.82, 2.24) is 5.32 Å². The lowest BCUT2D eigenvalue weighted by atomic mass is 10.2. The summed E-state index contributed by atoms with van der Waals surface area (Å²) in [4.78, 5) is 24.8. The van der Waals surface area contributed by atoms with Crippen molar-refractivity contribution in [3.05, 3.63) is 36.0 Å². The first-order chi connectivity index (χ1) is 10.7. The number of nitriles is 1. The maximum Gasteiger partial charge on any atom is 0.350 e. The van der Waals surface area contributed by atoms with Crippen molar-refractivity contribution in [3.8, 4) is 6.07 Å². The molecular weight excluding hydrogens is 284 g/mol. The molecule has 0 spiro atoms. The molecule has 1 aliphatic rings. The van der Waals surface area contributed by atoms with Crippen molar-refractivity contribution in [2.24, 2.45) is 0 Å². The number of ether oxygens (including phenoxy) is 1. The molecule has 2 N–H and O–H groups in total. The highest BCUT2D eigenvalue weighted by atomic mass is 16.5. The van der Waals surface area contributed by atoms with Gasteiger partial charge >= 0.3 is 12.0 Å². The Labute approximate surface area is 128 Å². The molecule has 0 radical (unpaired) electrons. The molecule has 0 bridgehead atoms. The number of rotatable bonds is 5. The first-order valence-electron chi connectivity index (χ1n) is 6.85. The van der Waals surface area contributed by atoms with Gasteiger partial charge in [-0.3, -0.25) is 4.90 Å². The van der Waals surface area contributed by atoms with Gasteiger partial charge in [0.05, 0.1) is 6.61 Å². The van der Waals surface area contributed by atoms with Crippen LogP contribution in [-0.4, -0.2) is 31.7 Å². The molecule has 1 aromatic carbocycles. The van der Waals surface area contributed by atoms with E-state index >= 15 is 0 Å². The molecule has 1 heterocycles. The summed E-state index contributed by atoms with van der Waals surface area (Å²) in [5.41, 5.74) is 1.28. The second kappa shape index (κ2) is 7.13. The van der Waals surface area contributed by atoms with Crippen LogP contribution >= 0.6 is 0 Å². The molecule has 0 aromatic heterocycles. The standard InChI is InChI=1S/C15H16N4O3/c1-2-22-14(20)11(9-16)10-18-12-4-3-5-13(8-12)19-7-6-17-15(19)21/h3-5,8,10,18H,2,6-7H2,1H3,(H,17,21)/b11-10+. The van der Waals surface area contributed by atoms with Gasteiger partial charge in [0.15, 0.2) is 5.57 Å². The lowest BCUT2D eigenvalue weighted by Gasteiger charge is -2.15. The van der Waals surface area contributed by atoms with Gasteiger partial charge in [0, 0.05) is 30.7 Å². The minimum absolute atomic E-state index is 0.119. The van der Waals surface area contributed by atoms with Crippen LogP contribution in [0.25, 0.3) is 0 Å². The molecule has 0 saturated carbocycles. The van der Waals surface area contributed by atoms with E-state index in [0.29, 0.717) is 18.8 Å². The van der Waals surface area contributed by atoms with Gasteiger partial charge in [-0.25, -0.2) is 9.59 Å². The highest BCUT2D eigenvalue weighted by Crippen LogP contribution is 2.21. The zero-order valence-electron chi connectivity index (χ0n) is 12.1. The fourth-order valence-electron chi connectivity index (χ4n) is 1.98. The summed E-state index contributed by atoms with van der Waals surface area (Å²) >= 11 is 0. The van der Waals surface area contributed by atoms with Crippen molar-refractivity contribution in [1.29, 1.82) is 5.26 Å². The van der Waals surface area contributed by atoms with E-state index < -0.39 is 5.97 Å². The topological polar surface area (TPSA) is 94.5 Å². The molecule has 1 saturated heterocycles. The first-order valence-corrected chi connectivity index (χ1v) is 6.85. The molecule has 2 rings (SSSR count). The van der Waals surface area contributed by atoms with Crippen molar-refractivity contribution >= 4 is 23.4 Å². The molecule has 1 aromatic rings. The average Bonchev–Trinajstić information content (AvgIpc) is 2.94. The van der Waals surface area contributed by atoms with Crippen LogP contribution in [0.4, 0.5) is 16.2 Å². The number of carbonyl (C=O) groups is 2. The Kier molecular flexibility index (Phi) is 4.98. The number of hydrogen-bond donors (Lipinski definition) is 2. The van der Waals surface area contributed by atoms with Gasteiger partial charge < -0.3 is 15.4 Å². The Morgan fingerprint density at radius 2 is 2.41 bits per heavy atom. The predicted octanol–water partition coefficient (Wildman–Crippen LogP) is 1.60. The Morgan fingerprint density at radius 3 is 3.05 bits per heavy atom. The predicted molar refractivity (Wildman–Crippen MR) is 81.1 cm³/mol. The number of hydrogen-bond acceptors (Lipinski definition) is 5. The summed E-state index contributed by atoms with van der Waals surface area (Å²) in [6.07, 6.45) is 1.29. The molecule has 0 unspecified atom stereocenters. The monoisotopic (exact) mass is 300 g/mol. The van der Waals surface area contributed by atoms with Gasteiger partial charge in [-0.05, 0) is 25.1 Å². The van der Waals surface area contributed by atoms with Crippen LogP contribution in [0.15, 0.2) is 36.0 Å².